The summed E-state index contributed by atoms with van der Waals surface area (Å²) in [7, 11) is 1.93. The quantitative estimate of drug-likeness (QED) is 0.775. The van der Waals surface area contributed by atoms with Crippen molar-refractivity contribution >= 4 is 5.91 Å². The van der Waals surface area contributed by atoms with Crippen molar-refractivity contribution in [1.29, 1.82) is 0 Å². The summed E-state index contributed by atoms with van der Waals surface area (Å²) in [5.41, 5.74) is 5.76. The maximum atomic E-state index is 12.0. The Hall–Kier alpha value is -0.570. The zero-order chi connectivity index (χ0) is 11.4. The van der Waals surface area contributed by atoms with Crippen LogP contribution in [0.25, 0.3) is 0 Å². The minimum absolute atomic E-state index is 0.0523. The zero-order valence-electron chi connectivity index (χ0n) is 10.2. The second-order valence-corrected chi connectivity index (χ2v) is 4.89. The van der Waals surface area contributed by atoms with Crippen molar-refractivity contribution in [2.75, 3.05) is 7.05 Å². The average molecular weight is 212 g/mol. The number of carbonyl (C=O) groups is 1. The number of rotatable bonds is 3. The van der Waals surface area contributed by atoms with E-state index in [-0.39, 0.29) is 17.9 Å². The molecule has 2 unspecified atom stereocenters. The highest BCUT2D eigenvalue weighted by Crippen LogP contribution is 2.22. The van der Waals surface area contributed by atoms with Gasteiger partial charge in [-0.15, -0.1) is 0 Å². The van der Waals surface area contributed by atoms with Crippen LogP contribution < -0.4 is 5.73 Å². The predicted octanol–water partition coefficient (Wildman–Crippen LogP) is 1.76. The molecule has 15 heavy (non-hydrogen) atoms. The van der Waals surface area contributed by atoms with Crippen LogP contribution in [0.4, 0.5) is 0 Å². The van der Waals surface area contributed by atoms with Gasteiger partial charge in [-0.3, -0.25) is 4.79 Å². The van der Waals surface area contributed by atoms with Crippen molar-refractivity contribution in [3.63, 3.8) is 0 Å². The Morgan fingerprint density at radius 2 is 1.80 bits per heavy atom. The first-order chi connectivity index (χ1) is 7.04. The molecule has 3 nitrogen and oxygen atoms in total. The molecular weight excluding hydrogens is 188 g/mol. The molecule has 88 valence electrons. The number of carbonyl (C=O) groups excluding carboxylic acids is 1. The van der Waals surface area contributed by atoms with Crippen LogP contribution in [0.1, 0.15) is 46.0 Å². The summed E-state index contributed by atoms with van der Waals surface area (Å²) < 4.78 is 0. The van der Waals surface area contributed by atoms with Crippen LogP contribution in [0.3, 0.4) is 0 Å². The summed E-state index contributed by atoms with van der Waals surface area (Å²) in [6.07, 6.45) is 6.16. The largest absolute Gasteiger partial charge is 0.342 e. The van der Waals surface area contributed by atoms with Gasteiger partial charge < -0.3 is 10.6 Å². The summed E-state index contributed by atoms with van der Waals surface area (Å²) in [6.45, 7) is 3.82. The normalized spacial score (nSPS) is 22.1. The molecule has 3 heteroatoms. The first-order valence-electron chi connectivity index (χ1n) is 6.06. The van der Waals surface area contributed by atoms with Gasteiger partial charge >= 0.3 is 0 Å². The molecule has 1 amide bonds. The molecule has 0 bridgehead atoms. The van der Waals surface area contributed by atoms with Crippen LogP contribution in [-0.2, 0) is 4.79 Å². The molecule has 0 heterocycles. The van der Waals surface area contributed by atoms with Crippen LogP contribution in [-0.4, -0.2) is 29.9 Å². The van der Waals surface area contributed by atoms with E-state index in [1.807, 2.05) is 25.8 Å². The van der Waals surface area contributed by atoms with Gasteiger partial charge in [0.05, 0.1) is 5.92 Å². The van der Waals surface area contributed by atoms with Gasteiger partial charge in [-0.1, -0.05) is 26.2 Å². The molecule has 2 atom stereocenters. The molecule has 0 aromatic carbocycles. The van der Waals surface area contributed by atoms with Gasteiger partial charge in [-0.25, -0.2) is 0 Å². The summed E-state index contributed by atoms with van der Waals surface area (Å²) >= 11 is 0. The Morgan fingerprint density at radius 1 is 1.27 bits per heavy atom. The third-order valence-electron chi connectivity index (χ3n) is 3.65. The molecule has 0 radical (unpaired) electrons. The van der Waals surface area contributed by atoms with E-state index in [2.05, 4.69) is 0 Å². The molecule has 0 saturated heterocycles. The van der Waals surface area contributed by atoms with Gasteiger partial charge in [0.15, 0.2) is 0 Å². The lowest BCUT2D eigenvalue weighted by atomic mass is 9.93. The zero-order valence-corrected chi connectivity index (χ0v) is 10.2. The van der Waals surface area contributed by atoms with Crippen LogP contribution in [0.5, 0.6) is 0 Å². The molecule has 1 fully saturated rings. The van der Waals surface area contributed by atoms with Crippen molar-refractivity contribution in [2.45, 2.75) is 58.0 Å². The second-order valence-electron chi connectivity index (χ2n) is 4.89. The lowest BCUT2D eigenvalue weighted by molar-refractivity contribution is -0.136. The molecule has 1 aliphatic rings. The number of hydrogen-bond donors (Lipinski definition) is 1. The van der Waals surface area contributed by atoms with E-state index in [0.717, 1.165) is 12.8 Å². The van der Waals surface area contributed by atoms with E-state index in [4.69, 9.17) is 5.73 Å². The molecule has 1 rings (SSSR count). The van der Waals surface area contributed by atoms with Gasteiger partial charge in [-0.2, -0.15) is 0 Å². The van der Waals surface area contributed by atoms with E-state index in [1.165, 1.54) is 19.3 Å². The fraction of sp³-hybridized carbons (Fsp3) is 0.917. The first-order valence-corrected chi connectivity index (χ1v) is 6.06. The third kappa shape index (κ3) is 3.20. The first kappa shape index (κ1) is 12.5. The Bertz CT molecular complexity index is 210. The maximum absolute atomic E-state index is 12.0. The Balaban J connectivity index is 2.50. The monoisotopic (exact) mass is 212 g/mol. The van der Waals surface area contributed by atoms with Crippen molar-refractivity contribution in [1.82, 2.24) is 4.90 Å². The van der Waals surface area contributed by atoms with Gasteiger partial charge in [0.1, 0.15) is 0 Å². The second kappa shape index (κ2) is 5.50. The van der Waals surface area contributed by atoms with E-state index in [9.17, 15) is 4.79 Å². The highest BCUT2D eigenvalue weighted by molar-refractivity contribution is 5.79. The van der Waals surface area contributed by atoms with Crippen molar-refractivity contribution in [3.05, 3.63) is 0 Å². The van der Waals surface area contributed by atoms with Gasteiger partial charge in [0, 0.05) is 19.1 Å². The minimum Gasteiger partial charge on any atom is -0.342 e. The fourth-order valence-electron chi connectivity index (χ4n) is 2.19. The highest BCUT2D eigenvalue weighted by Gasteiger charge is 2.26. The number of hydrogen-bond acceptors (Lipinski definition) is 2. The lowest BCUT2D eigenvalue weighted by Crippen LogP contribution is -2.45. The molecule has 2 N–H and O–H groups in total. The summed E-state index contributed by atoms with van der Waals surface area (Å²) in [5.74, 6) is 0.147. The van der Waals surface area contributed by atoms with Crippen LogP contribution >= 0.6 is 0 Å². The van der Waals surface area contributed by atoms with Crippen LogP contribution in [0, 0.1) is 5.92 Å². The van der Waals surface area contributed by atoms with Crippen LogP contribution in [0.15, 0.2) is 0 Å². The molecule has 0 aromatic heterocycles. The predicted molar refractivity (Wildman–Crippen MR) is 62.5 cm³/mol. The maximum Gasteiger partial charge on any atom is 0.226 e. The van der Waals surface area contributed by atoms with E-state index >= 15 is 0 Å². The summed E-state index contributed by atoms with van der Waals surface area (Å²) in [4.78, 5) is 14.0. The lowest BCUT2D eigenvalue weighted by Gasteiger charge is -2.33. The SMILES string of the molecule is CC(N)C(C)C(=O)N(C)C1CCCCC1. The molecule has 1 saturated carbocycles. The Labute approximate surface area is 93.0 Å². The minimum atomic E-state index is -0.0584. The molecular formula is C12H24N2O. The third-order valence-corrected chi connectivity index (χ3v) is 3.65. The van der Waals surface area contributed by atoms with Gasteiger partial charge in [0.2, 0.25) is 5.91 Å². The molecule has 1 aliphatic carbocycles. The van der Waals surface area contributed by atoms with Crippen molar-refractivity contribution in [3.8, 4) is 0 Å². The van der Waals surface area contributed by atoms with Crippen LogP contribution in [0.2, 0.25) is 0 Å². The smallest absolute Gasteiger partial charge is 0.226 e. The standard InChI is InChI=1S/C12H24N2O/c1-9(10(2)13)12(15)14(3)11-7-5-4-6-8-11/h9-11H,4-8,13H2,1-3H3. The molecule has 0 spiro atoms. The number of nitrogens with two attached hydrogens (primary N) is 1. The summed E-state index contributed by atoms with van der Waals surface area (Å²) in [5, 5.41) is 0. The Kier molecular flexibility index (Phi) is 4.58. The molecule has 0 aliphatic heterocycles. The van der Waals surface area contributed by atoms with Crippen molar-refractivity contribution in [2.24, 2.45) is 11.7 Å². The summed E-state index contributed by atoms with van der Waals surface area (Å²) in [6, 6.07) is 0.399. The van der Waals surface area contributed by atoms with E-state index in [0.29, 0.717) is 6.04 Å². The number of amides is 1. The Morgan fingerprint density at radius 3 is 2.27 bits per heavy atom. The molecule has 0 aromatic rings. The fourth-order valence-corrected chi connectivity index (χ4v) is 2.19. The highest BCUT2D eigenvalue weighted by atomic mass is 16.2. The average Bonchev–Trinajstić information content (AvgIpc) is 2.27. The van der Waals surface area contributed by atoms with Gasteiger partial charge in [0.25, 0.3) is 0 Å². The van der Waals surface area contributed by atoms with E-state index < -0.39 is 0 Å². The van der Waals surface area contributed by atoms with Gasteiger partial charge in [-0.05, 0) is 19.8 Å². The topological polar surface area (TPSA) is 46.3 Å². The van der Waals surface area contributed by atoms with E-state index in [1.54, 1.807) is 0 Å². The van der Waals surface area contributed by atoms with Crippen molar-refractivity contribution < 1.29 is 4.79 Å². The number of nitrogens with zero attached hydrogens (tertiary/aromatic N) is 1.